The Morgan fingerprint density at radius 1 is 1.21 bits per heavy atom. The zero-order chi connectivity index (χ0) is 23.4. The van der Waals surface area contributed by atoms with Gasteiger partial charge in [-0.15, -0.1) is 0 Å². The lowest BCUT2D eigenvalue weighted by Crippen LogP contribution is -2.43. The Labute approximate surface area is 198 Å². The van der Waals surface area contributed by atoms with Gasteiger partial charge in [0, 0.05) is 50.2 Å². The highest BCUT2D eigenvalue weighted by Gasteiger charge is 2.16. The van der Waals surface area contributed by atoms with E-state index in [1.807, 2.05) is 4.90 Å². The number of aromatic nitrogens is 2. The van der Waals surface area contributed by atoms with Gasteiger partial charge in [0.2, 0.25) is 5.95 Å². The van der Waals surface area contributed by atoms with Crippen LogP contribution < -0.4 is 25.2 Å². The van der Waals surface area contributed by atoms with Gasteiger partial charge in [-0.3, -0.25) is 4.21 Å². The number of nitrogens with one attached hydrogen (secondary N) is 3. The number of para-hydroxylation sites is 2. The normalized spacial score (nSPS) is 14.6. The number of nitrogens with zero attached hydrogens (tertiary/aromatic N) is 4. The van der Waals surface area contributed by atoms with Crippen LogP contribution in [0, 0.1) is 5.82 Å². The molecule has 1 atom stereocenters. The SMILES string of the molecule is CN(c1ccccc1Nc1nc(Nc2ccc(N3CCNCC3)c(F)c2)ncc1Cl)S(=O)[O-]. The molecule has 12 heteroatoms. The molecule has 33 heavy (non-hydrogen) atoms. The average molecular weight is 491 g/mol. The van der Waals surface area contributed by atoms with Crippen molar-refractivity contribution in [1.29, 1.82) is 0 Å². The minimum atomic E-state index is -2.45. The van der Waals surface area contributed by atoms with Gasteiger partial charge in [-0.2, -0.15) is 4.98 Å². The topological polar surface area (TPSA) is 108 Å². The van der Waals surface area contributed by atoms with Crippen molar-refractivity contribution in [2.45, 2.75) is 0 Å². The summed E-state index contributed by atoms with van der Waals surface area (Å²) >= 11 is 3.80. The number of piperazine rings is 1. The van der Waals surface area contributed by atoms with E-state index in [-0.39, 0.29) is 22.6 Å². The summed E-state index contributed by atoms with van der Waals surface area (Å²) in [6.45, 7) is 3.13. The van der Waals surface area contributed by atoms with Crippen LogP contribution in [-0.4, -0.2) is 52.0 Å². The summed E-state index contributed by atoms with van der Waals surface area (Å²) in [5.74, 6) is 0.135. The van der Waals surface area contributed by atoms with E-state index in [0.29, 0.717) is 22.7 Å². The molecule has 3 aromatic rings. The Balaban J connectivity index is 1.54. The number of benzene rings is 2. The molecule has 2 heterocycles. The molecule has 0 bridgehead atoms. The molecule has 1 aliphatic heterocycles. The summed E-state index contributed by atoms with van der Waals surface area (Å²) in [5, 5.41) is 9.51. The Morgan fingerprint density at radius 3 is 2.70 bits per heavy atom. The van der Waals surface area contributed by atoms with Gasteiger partial charge in [0.05, 0.1) is 23.3 Å². The van der Waals surface area contributed by atoms with Crippen LogP contribution in [0.3, 0.4) is 0 Å². The lowest BCUT2D eigenvalue weighted by molar-refractivity contribution is 0.535. The first-order valence-corrected chi connectivity index (χ1v) is 11.6. The highest BCUT2D eigenvalue weighted by molar-refractivity contribution is 7.80. The van der Waals surface area contributed by atoms with Crippen LogP contribution in [0.2, 0.25) is 5.02 Å². The molecule has 1 fully saturated rings. The molecule has 1 aromatic heterocycles. The Bertz CT molecular complexity index is 1160. The van der Waals surface area contributed by atoms with Crippen molar-refractivity contribution in [2.75, 3.05) is 53.1 Å². The van der Waals surface area contributed by atoms with Crippen molar-refractivity contribution in [2.24, 2.45) is 0 Å². The van der Waals surface area contributed by atoms with Crippen LogP contribution in [-0.2, 0) is 11.3 Å². The van der Waals surface area contributed by atoms with Crippen molar-refractivity contribution < 1.29 is 13.2 Å². The van der Waals surface area contributed by atoms with Gasteiger partial charge in [-0.25, -0.2) is 9.37 Å². The molecular weight excluding hydrogens is 469 g/mol. The van der Waals surface area contributed by atoms with E-state index in [0.717, 1.165) is 30.5 Å². The highest BCUT2D eigenvalue weighted by atomic mass is 35.5. The number of halogens is 2. The molecule has 1 unspecified atom stereocenters. The molecule has 174 valence electrons. The van der Waals surface area contributed by atoms with Gasteiger partial charge < -0.3 is 29.7 Å². The van der Waals surface area contributed by atoms with Gasteiger partial charge in [0.15, 0.2) is 5.82 Å². The zero-order valence-electron chi connectivity index (χ0n) is 17.7. The number of hydrogen-bond acceptors (Lipinski definition) is 8. The van der Waals surface area contributed by atoms with Crippen LogP contribution in [0.5, 0.6) is 0 Å². The van der Waals surface area contributed by atoms with E-state index >= 15 is 0 Å². The largest absolute Gasteiger partial charge is 0.755 e. The van der Waals surface area contributed by atoms with E-state index in [2.05, 4.69) is 25.9 Å². The molecule has 4 rings (SSSR count). The first-order valence-electron chi connectivity index (χ1n) is 10.2. The maximum atomic E-state index is 14.7. The third-order valence-electron chi connectivity index (χ3n) is 5.13. The summed E-state index contributed by atoms with van der Waals surface area (Å²) in [6.07, 6.45) is 1.41. The summed E-state index contributed by atoms with van der Waals surface area (Å²) in [6, 6.07) is 11.7. The third kappa shape index (κ3) is 5.50. The maximum Gasteiger partial charge on any atom is 0.229 e. The van der Waals surface area contributed by atoms with Gasteiger partial charge in [-0.1, -0.05) is 23.7 Å². The molecule has 1 aliphatic rings. The second-order valence-corrected chi connectivity index (χ2v) is 8.66. The van der Waals surface area contributed by atoms with E-state index in [1.54, 1.807) is 36.4 Å². The molecule has 0 saturated carbocycles. The maximum absolute atomic E-state index is 14.7. The first-order chi connectivity index (χ1) is 15.9. The summed E-state index contributed by atoms with van der Waals surface area (Å²) in [5.41, 5.74) is 1.95. The highest BCUT2D eigenvalue weighted by Crippen LogP contribution is 2.31. The molecule has 3 N–H and O–H groups in total. The number of hydrogen-bond donors (Lipinski definition) is 3. The minimum absolute atomic E-state index is 0.203. The van der Waals surface area contributed by atoms with Gasteiger partial charge in [0.1, 0.15) is 10.8 Å². The molecule has 2 aromatic carbocycles. The fourth-order valence-electron chi connectivity index (χ4n) is 3.45. The molecule has 0 aliphatic carbocycles. The quantitative estimate of drug-likeness (QED) is 0.432. The Kier molecular flexibility index (Phi) is 7.23. The fourth-order valence-corrected chi connectivity index (χ4v) is 3.91. The molecular formula is C21H22ClFN7O2S-. The van der Waals surface area contributed by atoms with Crippen LogP contribution in [0.1, 0.15) is 0 Å². The zero-order valence-corrected chi connectivity index (χ0v) is 19.3. The fraction of sp³-hybridized carbons (Fsp3) is 0.238. The van der Waals surface area contributed by atoms with Gasteiger partial charge in [0.25, 0.3) is 0 Å². The number of rotatable bonds is 7. The predicted octanol–water partition coefficient (Wildman–Crippen LogP) is 3.40. The monoisotopic (exact) mass is 490 g/mol. The van der Waals surface area contributed by atoms with Crippen molar-refractivity contribution >= 4 is 57.4 Å². The van der Waals surface area contributed by atoms with E-state index < -0.39 is 11.3 Å². The second-order valence-electron chi connectivity index (χ2n) is 7.28. The van der Waals surface area contributed by atoms with Gasteiger partial charge in [-0.05, 0) is 30.3 Å². The van der Waals surface area contributed by atoms with E-state index in [9.17, 15) is 13.2 Å². The summed E-state index contributed by atoms with van der Waals surface area (Å²) in [4.78, 5) is 10.5. The predicted molar refractivity (Wildman–Crippen MR) is 129 cm³/mol. The van der Waals surface area contributed by atoms with Crippen molar-refractivity contribution in [1.82, 2.24) is 15.3 Å². The van der Waals surface area contributed by atoms with Gasteiger partial charge >= 0.3 is 0 Å². The van der Waals surface area contributed by atoms with Crippen LogP contribution in [0.4, 0.5) is 38.9 Å². The molecule has 0 spiro atoms. The van der Waals surface area contributed by atoms with E-state index in [4.69, 9.17) is 11.6 Å². The van der Waals surface area contributed by atoms with Crippen LogP contribution in [0.15, 0.2) is 48.7 Å². The lowest BCUT2D eigenvalue weighted by atomic mass is 10.2. The van der Waals surface area contributed by atoms with Crippen molar-refractivity contribution in [3.8, 4) is 0 Å². The Morgan fingerprint density at radius 2 is 1.97 bits per heavy atom. The Hall–Kier alpha value is -2.99. The molecule has 0 radical (unpaired) electrons. The third-order valence-corrected chi connectivity index (χ3v) is 6.05. The van der Waals surface area contributed by atoms with E-state index in [1.165, 1.54) is 19.3 Å². The molecule has 1 saturated heterocycles. The smallest absolute Gasteiger partial charge is 0.229 e. The lowest BCUT2D eigenvalue weighted by Gasteiger charge is -2.29. The molecule has 0 amide bonds. The molecule has 9 nitrogen and oxygen atoms in total. The van der Waals surface area contributed by atoms with Crippen LogP contribution in [0.25, 0.3) is 0 Å². The summed E-state index contributed by atoms with van der Waals surface area (Å²) in [7, 11) is 1.43. The minimum Gasteiger partial charge on any atom is -0.755 e. The second kappa shape index (κ2) is 10.3. The average Bonchev–Trinajstić information content (AvgIpc) is 2.82. The first kappa shape index (κ1) is 23.2. The van der Waals surface area contributed by atoms with Crippen molar-refractivity contribution in [3.05, 3.63) is 59.5 Å². The van der Waals surface area contributed by atoms with Crippen LogP contribution >= 0.6 is 11.6 Å². The number of anilines is 6. The summed E-state index contributed by atoms with van der Waals surface area (Å²) < 4.78 is 38.6. The standard InChI is InChI=1S/C21H23ClFN7O2S/c1-29(33(31)32)19-5-3-2-4-17(19)27-20-15(22)13-25-21(28-20)26-14-6-7-18(16(23)12-14)30-10-8-24-9-11-30/h2-7,12-13,24H,8-11H2,1H3,(H,31,32)(H2,25,26,27,28)/p-1. The van der Waals surface area contributed by atoms with Crippen molar-refractivity contribution in [3.63, 3.8) is 0 Å².